The lowest BCUT2D eigenvalue weighted by Gasteiger charge is -2.38. The summed E-state index contributed by atoms with van der Waals surface area (Å²) >= 11 is 0. The molecule has 3 nitrogen and oxygen atoms in total. The lowest BCUT2D eigenvalue weighted by Crippen LogP contribution is -2.47. The van der Waals surface area contributed by atoms with Gasteiger partial charge in [-0.2, -0.15) is 0 Å². The second-order valence-corrected chi connectivity index (χ2v) is 6.51. The molecule has 21 heavy (non-hydrogen) atoms. The van der Waals surface area contributed by atoms with Crippen LogP contribution in [0, 0.1) is 18.8 Å². The quantitative estimate of drug-likeness (QED) is 0.847. The summed E-state index contributed by atoms with van der Waals surface area (Å²) in [6.45, 7) is 2.05. The van der Waals surface area contributed by atoms with Crippen molar-refractivity contribution in [1.82, 2.24) is 5.32 Å². The Hall–Kier alpha value is -1.64. The van der Waals surface area contributed by atoms with Crippen molar-refractivity contribution in [1.29, 1.82) is 0 Å². The van der Waals surface area contributed by atoms with E-state index in [2.05, 4.69) is 18.3 Å². The molecule has 0 radical (unpaired) electrons. The second kappa shape index (κ2) is 6.00. The van der Waals surface area contributed by atoms with Crippen LogP contribution in [0.15, 0.2) is 24.3 Å². The molecule has 3 rings (SSSR count). The maximum atomic E-state index is 12.5. The Morgan fingerprint density at radius 1 is 1.05 bits per heavy atom. The molecule has 1 saturated carbocycles. The summed E-state index contributed by atoms with van der Waals surface area (Å²) in [5.74, 6) is 0.328. The number of aryl methyl sites for hydroxylation is 1. The third kappa shape index (κ3) is 2.87. The van der Waals surface area contributed by atoms with E-state index in [1.165, 1.54) is 19.3 Å². The van der Waals surface area contributed by atoms with E-state index in [1.807, 2.05) is 18.2 Å². The van der Waals surface area contributed by atoms with Crippen molar-refractivity contribution in [2.24, 2.45) is 11.8 Å². The Kier molecular flexibility index (Phi) is 4.09. The summed E-state index contributed by atoms with van der Waals surface area (Å²) in [6, 6.07) is 8.09. The molecule has 1 aromatic carbocycles. The van der Waals surface area contributed by atoms with Gasteiger partial charge in [0.1, 0.15) is 0 Å². The number of hydrogen-bond acceptors (Lipinski definition) is 2. The van der Waals surface area contributed by atoms with Crippen LogP contribution < -0.4 is 5.32 Å². The fourth-order valence-electron chi connectivity index (χ4n) is 4.10. The van der Waals surface area contributed by atoms with Crippen LogP contribution in [-0.2, 0) is 9.59 Å². The smallest absolute Gasteiger partial charge is 0.234 e. The monoisotopic (exact) mass is 285 g/mol. The molecule has 0 spiro atoms. The summed E-state index contributed by atoms with van der Waals surface area (Å²) in [5, 5.41) is 2.55. The molecule has 2 fully saturated rings. The van der Waals surface area contributed by atoms with Crippen LogP contribution in [0.2, 0.25) is 0 Å². The van der Waals surface area contributed by atoms with Crippen LogP contribution >= 0.6 is 0 Å². The van der Waals surface area contributed by atoms with Crippen molar-refractivity contribution < 1.29 is 9.59 Å². The standard InChI is InChI=1S/C18H23NO2/c1-12-7-5-6-10-14(12)17-15(11-16(20)19-18(17)21)13-8-3-2-4-9-13/h5-7,10,13,15,17H,2-4,8-9,11H2,1H3,(H,19,20,21). The van der Waals surface area contributed by atoms with Gasteiger partial charge in [-0.1, -0.05) is 56.4 Å². The SMILES string of the molecule is Cc1ccccc1C1C(=O)NC(=O)CC1C1CCCCC1. The van der Waals surface area contributed by atoms with Gasteiger partial charge in [-0.3, -0.25) is 14.9 Å². The highest BCUT2D eigenvalue weighted by Gasteiger charge is 2.41. The third-order valence-electron chi connectivity index (χ3n) is 5.17. The topological polar surface area (TPSA) is 46.2 Å². The van der Waals surface area contributed by atoms with Gasteiger partial charge in [-0.05, 0) is 29.9 Å². The van der Waals surface area contributed by atoms with E-state index in [9.17, 15) is 9.59 Å². The summed E-state index contributed by atoms with van der Waals surface area (Å²) in [6.07, 6.45) is 6.57. The number of carbonyl (C=O) groups is 2. The van der Waals surface area contributed by atoms with Gasteiger partial charge in [-0.25, -0.2) is 0 Å². The van der Waals surface area contributed by atoms with Gasteiger partial charge in [0.2, 0.25) is 11.8 Å². The Bertz CT molecular complexity index is 546. The maximum absolute atomic E-state index is 12.5. The molecule has 1 saturated heterocycles. The van der Waals surface area contributed by atoms with Crippen LogP contribution in [-0.4, -0.2) is 11.8 Å². The van der Waals surface area contributed by atoms with Crippen molar-refractivity contribution in [2.45, 2.75) is 51.4 Å². The minimum atomic E-state index is -0.160. The maximum Gasteiger partial charge on any atom is 0.234 e. The Morgan fingerprint density at radius 2 is 1.76 bits per heavy atom. The molecule has 112 valence electrons. The zero-order chi connectivity index (χ0) is 14.8. The molecular weight excluding hydrogens is 262 g/mol. The van der Waals surface area contributed by atoms with E-state index >= 15 is 0 Å². The first-order valence-corrected chi connectivity index (χ1v) is 8.06. The molecule has 0 bridgehead atoms. The highest BCUT2D eigenvalue weighted by molar-refractivity contribution is 6.01. The molecule has 1 heterocycles. The molecule has 3 heteroatoms. The summed E-state index contributed by atoms with van der Waals surface area (Å²) in [5.41, 5.74) is 2.24. The van der Waals surface area contributed by atoms with E-state index in [1.54, 1.807) is 0 Å². The second-order valence-electron chi connectivity index (χ2n) is 6.51. The van der Waals surface area contributed by atoms with Crippen LogP contribution in [0.3, 0.4) is 0 Å². The number of carbonyl (C=O) groups excluding carboxylic acids is 2. The lowest BCUT2D eigenvalue weighted by molar-refractivity contribution is -0.137. The molecule has 1 aliphatic heterocycles. The number of imide groups is 1. The van der Waals surface area contributed by atoms with Gasteiger partial charge >= 0.3 is 0 Å². The zero-order valence-corrected chi connectivity index (χ0v) is 12.6. The van der Waals surface area contributed by atoms with E-state index in [0.717, 1.165) is 24.0 Å². The summed E-state index contributed by atoms with van der Waals surface area (Å²) in [7, 11) is 0. The molecule has 1 aromatic rings. The van der Waals surface area contributed by atoms with Crippen LogP contribution in [0.25, 0.3) is 0 Å². The number of benzene rings is 1. The molecular formula is C18H23NO2. The molecule has 0 aromatic heterocycles. The van der Waals surface area contributed by atoms with Gasteiger partial charge in [-0.15, -0.1) is 0 Å². The zero-order valence-electron chi connectivity index (χ0n) is 12.6. The fraction of sp³-hybridized carbons (Fsp3) is 0.556. The fourth-order valence-corrected chi connectivity index (χ4v) is 4.10. The predicted octanol–water partition coefficient (Wildman–Crippen LogP) is 3.32. The first-order chi connectivity index (χ1) is 10.2. The normalized spacial score (nSPS) is 27.5. The average Bonchev–Trinajstić information content (AvgIpc) is 2.49. The van der Waals surface area contributed by atoms with Crippen molar-refractivity contribution >= 4 is 11.8 Å². The van der Waals surface area contributed by atoms with Gasteiger partial charge in [0.25, 0.3) is 0 Å². The largest absolute Gasteiger partial charge is 0.296 e. The first kappa shape index (κ1) is 14.3. The molecule has 1 N–H and O–H groups in total. The number of piperidine rings is 1. The molecule has 1 aliphatic carbocycles. The molecule has 2 atom stereocenters. The Labute approximate surface area is 126 Å². The van der Waals surface area contributed by atoms with Gasteiger partial charge in [0.05, 0.1) is 5.92 Å². The molecule has 2 amide bonds. The molecule has 2 unspecified atom stereocenters. The number of hydrogen-bond donors (Lipinski definition) is 1. The number of nitrogens with one attached hydrogen (secondary N) is 1. The van der Waals surface area contributed by atoms with Crippen LogP contribution in [0.4, 0.5) is 0 Å². The minimum Gasteiger partial charge on any atom is -0.296 e. The van der Waals surface area contributed by atoms with E-state index in [-0.39, 0.29) is 23.7 Å². The highest BCUT2D eigenvalue weighted by atomic mass is 16.2. The third-order valence-corrected chi connectivity index (χ3v) is 5.17. The van der Waals surface area contributed by atoms with Crippen LogP contribution in [0.5, 0.6) is 0 Å². The van der Waals surface area contributed by atoms with E-state index < -0.39 is 0 Å². The van der Waals surface area contributed by atoms with Crippen molar-refractivity contribution in [2.75, 3.05) is 0 Å². The van der Waals surface area contributed by atoms with E-state index in [4.69, 9.17) is 0 Å². The van der Waals surface area contributed by atoms with E-state index in [0.29, 0.717) is 12.3 Å². The average molecular weight is 285 g/mol. The van der Waals surface area contributed by atoms with Gasteiger partial charge < -0.3 is 0 Å². The van der Waals surface area contributed by atoms with Gasteiger partial charge in [0.15, 0.2) is 0 Å². The molecule has 2 aliphatic rings. The van der Waals surface area contributed by atoms with Crippen molar-refractivity contribution in [3.63, 3.8) is 0 Å². The summed E-state index contributed by atoms with van der Waals surface area (Å²) in [4.78, 5) is 24.3. The van der Waals surface area contributed by atoms with Crippen LogP contribution in [0.1, 0.15) is 55.6 Å². The van der Waals surface area contributed by atoms with Gasteiger partial charge in [0, 0.05) is 6.42 Å². The van der Waals surface area contributed by atoms with Crippen molar-refractivity contribution in [3.05, 3.63) is 35.4 Å². The lowest BCUT2D eigenvalue weighted by atomic mass is 9.68. The number of rotatable bonds is 2. The van der Waals surface area contributed by atoms with Crippen molar-refractivity contribution in [3.8, 4) is 0 Å². The Balaban J connectivity index is 1.94. The summed E-state index contributed by atoms with van der Waals surface area (Å²) < 4.78 is 0. The highest BCUT2D eigenvalue weighted by Crippen LogP contribution is 2.42. The first-order valence-electron chi connectivity index (χ1n) is 8.06. The minimum absolute atomic E-state index is 0.0968. The number of amides is 2. The predicted molar refractivity (Wildman–Crippen MR) is 81.8 cm³/mol. The Morgan fingerprint density at radius 3 is 2.48 bits per heavy atom.